The van der Waals surface area contributed by atoms with E-state index < -0.39 is 23.7 Å². The number of rotatable bonds is 6. The number of carbonyl (C=O) groups excluding carboxylic acids is 1. The molecule has 0 heterocycles. The van der Waals surface area contributed by atoms with Crippen LogP contribution in [0.15, 0.2) is 18.2 Å². The third-order valence-electron chi connectivity index (χ3n) is 2.34. The normalized spacial score (nSPS) is 11.9. The van der Waals surface area contributed by atoms with Crippen molar-refractivity contribution in [3.05, 3.63) is 34.6 Å². The van der Waals surface area contributed by atoms with Crippen LogP contribution in [0, 0.1) is 5.82 Å². The van der Waals surface area contributed by atoms with Crippen LogP contribution >= 0.6 is 11.6 Å². The molecule has 0 saturated heterocycles. The Hall–Kier alpha value is -1.66. The van der Waals surface area contributed by atoms with Crippen molar-refractivity contribution in [3.8, 4) is 0 Å². The van der Waals surface area contributed by atoms with Crippen LogP contribution in [0.3, 0.4) is 0 Å². The SMILES string of the molecule is COCC(=O)NC(CC(=O)O)c1ccc(Cl)c(F)c1. The summed E-state index contributed by atoms with van der Waals surface area (Å²) in [6.45, 7) is -0.202. The van der Waals surface area contributed by atoms with Crippen molar-refractivity contribution < 1.29 is 23.8 Å². The van der Waals surface area contributed by atoms with Crippen LogP contribution in [0.4, 0.5) is 4.39 Å². The predicted molar refractivity (Wildman–Crippen MR) is 66.4 cm³/mol. The van der Waals surface area contributed by atoms with Gasteiger partial charge in [-0.3, -0.25) is 9.59 Å². The Morgan fingerprint density at radius 3 is 2.74 bits per heavy atom. The summed E-state index contributed by atoms with van der Waals surface area (Å²) in [5.41, 5.74) is 0.328. The first-order valence-corrected chi connectivity index (χ1v) is 5.77. The lowest BCUT2D eigenvalue weighted by atomic mass is 10.0. The van der Waals surface area contributed by atoms with Gasteiger partial charge in [-0.1, -0.05) is 17.7 Å². The van der Waals surface area contributed by atoms with Gasteiger partial charge in [-0.05, 0) is 17.7 Å². The minimum absolute atomic E-state index is 0.0685. The summed E-state index contributed by atoms with van der Waals surface area (Å²) in [5.74, 6) is -2.27. The predicted octanol–water partition coefficient (Wildman–Crippen LogP) is 1.76. The highest BCUT2D eigenvalue weighted by Crippen LogP contribution is 2.22. The molecule has 19 heavy (non-hydrogen) atoms. The molecule has 104 valence electrons. The van der Waals surface area contributed by atoms with E-state index in [4.69, 9.17) is 16.7 Å². The van der Waals surface area contributed by atoms with Crippen LogP contribution < -0.4 is 5.32 Å². The Morgan fingerprint density at radius 1 is 1.53 bits per heavy atom. The van der Waals surface area contributed by atoms with Crippen LogP contribution in [-0.4, -0.2) is 30.7 Å². The molecule has 0 aliphatic rings. The highest BCUT2D eigenvalue weighted by molar-refractivity contribution is 6.30. The van der Waals surface area contributed by atoms with E-state index in [-0.39, 0.29) is 18.1 Å². The molecule has 1 aromatic rings. The molecule has 0 fully saturated rings. The standard InChI is InChI=1S/C12H13ClFNO4/c1-19-6-11(16)15-10(5-12(17)18)7-2-3-8(13)9(14)4-7/h2-4,10H,5-6H2,1H3,(H,15,16)(H,17,18). The van der Waals surface area contributed by atoms with E-state index in [1.54, 1.807) is 0 Å². The molecule has 0 aliphatic carbocycles. The van der Waals surface area contributed by atoms with Gasteiger partial charge in [0.25, 0.3) is 0 Å². The molecule has 5 nitrogen and oxygen atoms in total. The maximum absolute atomic E-state index is 13.3. The number of carbonyl (C=O) groups is 2. The van der Waals surface area contributed by atoms with Crippen LogP contribution in [0.2, 0.25) is 5.02 Å². The highest BCUT2D eigenvalue weighted by Gasteiger charge is 2.19. The second-order valence-corrected chi connectivity index (χ2v) is 4.23. The number of benzene rings is 1. The fourth-order valence-corrected chi connectivity index (χ4v) is 1.64. The lowest BCUT2D eigenvalue weighted by molar-refractivity contribution is -0.137. The number of hydrogen-bond acceptors (Lipinski definition) is 3. The Morgan fingerprint density at radius 2 is 2.21 bits per heavy atom. The minimum Gasteiger partial charge on any atom is -0.481 e. The number of nitrogens with one attached hydrogen (secondary N) is 1. The molecule has 0 bridgehead atoms. The third-order valence-corrected chi connectivity index (χ3v) is 2.64. The first kappa shape index (κ1) is 15.4. The molecule has 0 aromatic heterocycles. The molecular weight excluding hydrogens is 277 g/mol. The number of aliphatic carboxylic acids is 1. The smallest absolute Gasteiger partial charge is 0.305 e. The summed E-state index contributed by atoms with van der Waals surface area (Å²) in [6, 6.07) is 3.03. The van der Waals surface area contributed by atoms with Gasteiger partial charge in [0.15, 0.2) is 0 Å². The van der Waals surface area contributed by atoms with Gasteiger partial charge in [0.05, 0.1) is 17.5 Å². The van der Waals surface area contributed by atoms with Crippen LogP contribution in [0.25, 0.3) is 0 Å². The van der Waals surface area contributed by atoms with Crippen molar-refractivity contribution >= 4 is 23.5 Å². The van der Waals surface area contributed by atoms with Gasteiger partial charge in [-0.2, -0.15) is 0 Å². The zero-order chi connectivity index (χ0) is 14.4. The second-order valence-electron chi connectivity index (χ2n) is 3.82. The van der Waals surface area contributed by atoms with Gasteiger partial charge in [-0.15, -0.1) is 0 Å². The summed E-state index contributed by atoms with van der Waals surface area (Å²) < 4.78 is 18.0. The number of halogens is 2. The van der Waals surface area contributed by atoms with Crippen LogP contribution in [-0.2, 0) is 14.3 Å². The summed E-state index contributed by atoms with van der Waals surface area (Å²) in [4.78, 5) is 22.2. The van der Waals surface area contributed by atoms with E-state index in [2.05, 4.69) is 10.1 Å². The first-order chi connectivity index (χ1) is 8.93. The van der Waals surface area contributed by atoms with Gasteiger partial charge in [-0.25, -0.2) is 4.39 Å². The summed E-state index contributed by atoms with van der Waals surface area (Å²) >= 11 is 5.55. The highest BCUT2D eigenvalue weighted by atomic mass is 35.5. The monoisotopic (exact) mass is 289 g/mol. The van der Waals surface area contributed by atoms with Gasteiger partial charge >= 0.3 is 5.97 Å². The van der Waals surface area contributed by atoms with Crippen molar-refractivity contribution in [3.63, 3.8) is 0 Å². The number of ether oxygens (including phenoxy) is 1. The molecule has 1 amide bonds. The topological polar surface area (TPSA) is 75.6 Å². The number of methoxy groups -OCH3 is 1. The van der Waals surface area contributed by atoms with E-state index >= 15 is 0 Å². The summed E-state index contributed by atoms with van der Waals surface area (Å²) in [6.07, 6.45) is -0.365. The number of carboxylic acids is 1. The molecule has 1 atom stereocenters. The van der Waals surface area contributed by atoms with Crippen molar-refractivity contribution in [2.75, 3.05) is 13.7 Å². The van der Waals surface area contributed by atoms with Crippen molar-refractivity contribution in [1.82, 2.24) is 5.32 Å². The molecule has 1 unspecified atom stereocenters. The summed E-state index contributed by atoms with van der Waals surface area (Å²) in [7, 11) is 1.34. The number of carboxylic acid groups (broad SMARTS) is 1. The van der Waals surface area contributed by atoms with Crippen molar-refractivity contribution in [2.45, 2.75) is 12.5 Å². The van der Waals surface area contributed by atoms with Gasteiger partial charge < -0.3 is 15.2 Å². The zero-order valence-electron chi connectivity index (χ0n) is 10.2. The zero-order valence-corrected chi connectivity index (χ0v) is 10.9. The lowest BCUT2D eigenvalue weighted by Gasteiger charge is -2.17. The quantitative estimate of drug-likeness (QED) is 0.837. The first-order valence-electron chi connectivity index (χ1n) is 5.39. The van der Waals surface area contributed by atoms with Gasteiger partial charge in [0.1, 0.15) is 12.4 Å². The van der Waals surface area contributed by atoms with E-state index in [1.165, 1.54) is 19.2 Å². The molecule has 2 N–H and O–H groups in total. The molecule has 0 radical (unpaired) electrons. The van der Waals surface area contributed by atoms with Crippen molar-refractivity contribution in [1.29, 1.82) is 0 Å². The molecule has 0 saturated carbocycles. The molecule has 0 aliphatic heterocycles. The Kier molecular flexibility index (Phi) is 5.72. The van der Waals surface area contributed by atoms with E-state index in [1.807, 2.05) is 0 Å². The summed E-state index contributed by atoms with van der Waals surface area (Å²) in [5, 5.41) is 11.2. The lowest BCUT2D eigenvalue weighted by Crippen LogP contribution is -2.32. The Balaban J connectivity index is 2.91. The average Bonchev–Trinajstić information content (AvgIpc) is 2.31. The van der Waals surface area contributed by atoms with E-state index in [0.29, 0.717) is 5.56 Å². The van der Waals surface area contributed by atoms with E-state index in [9.17, 15) is 14.0 Å². The fourth-order valence-electron chi connectivity index (χ4n) is 1.52. The van der Waals surface area contributed by atoms with Crippen LogP contribution in [0.5, 0.6) is 0 Å². The molecule has 0 spiro atoms. The van der Waals surface area contributed by atoms with E-state index in [0.717, 1.165) is 6.07 Å². The number of amides is 1. The van der Waals surface area contributed by atoms with Crippen LogP contribution in [0.1, 0.15) is 18.0 Å². The third kappa shape index (κ3) is 4.84. The van der Waals surface area contributed by atoms with Gasteiger partial charge in [0, 0.05) is 7.11 Å². The Bertz CT molecular complexity index is 481. The molecule has 7 heteroatoms. The van der Waals surface area contributed by atoms with Crippen molar-refractivity contribution in [2.24, 2.45) is 0 Å². The van der Waals surface area contributed by atoms with Gasteiger partial charge in [0.2, 0.25) is 5.91 Å². The maximum Gasteiger partial charge on any atom is 0.305 e. The fraction of sp³-hybridized carbons (Fsp3) is 0.333. The largest absolute Gasteiger partial charge is 0.481 e. The number of hydrogen-bond donors (Lipinski definition) is 2. The molecule has 1 rings (SSSR count). The molecule has 1 aromatic carbocycles. The minimum atomic E-state index is -1.11. The molecular formula is C12H13ClFNO4. The maximum atomic E-state index is 13.3. The Labute approximate surface area is 114 Å². The second kappa shape index (κ2) is 7.06. The average molecular weight is 290 g/mol.